The zero-order valence-electron chi connectivity index (χ0n) is 19.6. The summed E-state index contributed by atoms with van der Waals surface area (Å²) in [6.07, 6.45) is 4.08. The predicted molar refractivity (Wildman–Crippen MR) is 137 cm³/mol. The number of carbonyl (C=O) groups excluding carboxylic acids is 1. The average Bonchev–Trinajstić information content (AvgIpc) is 3.21. The van der Waals surface area contributed by atoms with E-state index >= 15 is 0 Å². The van der Waals surface area contributed by atoms with Crippen molar-refractivity contribution in [3.05, 3.63) is 74.4 Å². The summed E-state index contributed by atoms with van der Waals surface area (Å²) in [7, 11) is 1.60. The van der Waals surface area contributed by atoms with Crippen LogP contribution in [-0.4, -0.2) is 22.6 Å². The number of aryl methyl sites for hydroxylation is 4. The highest BCUT2D eigenvalue weighted by Crippen LogP contribution is 2.35. The van der Waals surface area contributed by atoms with Crippen molar-refractivity contribution in [2.75, 3.05) is 12.4 Å². The quantitative estimate of drug-likeness (QED) is 0.429. The molecular weight excluding hydrogens is 446 g/mol. The van der Waals surface area contributed by atoms with E-state index < -0.39 is 0 Å². The molecule has 0 atom stereocenters. The topological polar surface area (TPSA) is 73.2 Å². The molecule has 0 radical (unpaired) electrons. The van der Waals surface area contributed by atoms with Crippen LogP contribution in [0.4, 0.5) is 5.69 Å². The van der Waals surface area contributed by atoms with E-state index in [0.29, 0.717) is 17.0 Å². The number of aromatic nitrogens is 2. The SMILES string of the molecule is COc1cccc(-c2nc3sc4c(c3c(=O)n2CC(=O)Nc2ccc(C)cc2C)CCCC4)c1. The third kappa shape index (κ3) is 4.12. The Bertz CT molecular complexity index is 1470. The summed E-state index contributed by atoms with van der Waals surface area (Å²) in [5, 5.41) is 3.64. The molecule has 34 heavy (non-hydrogen) atoms. The van der Waals surface area contributed by atoms with E-state index in [2.05, 4.69) is 5.32 Å². The number of hydrogen-bond acceptors (Lipinski definition) is 5. The van der Waals surface area contributed by atoms with Gasteiger partial charge in [0.05, 0.1) is 12.5 Å². The number of amides is 1. The van der Waals surface area contributed by atoms with Gasteiger partial charge in [-0.3, -0.25) is 14.2 Å². The Labute approximate surface area is 202 Å². The summed E-state index contributed by atoms with van der Waals surface area (Å²) in [6.45, 7) is 3.86. The van der Waals surface area contributed by atoms with Gasteiger partial charge in [0.2, 0.25) is 5.91 Å². The van der Waals surface area contributed by atoms with Crippen molar-refractivity contribution in [3.63, 3.8) is 0 Å². The lowest BCUT2D eigenvalue weighted by molar-refractivity contribution is -0.116. The van der Waals surface area contributed by atoms with Crippen LogP contribution in [0, 0.1) is 13.8 Å². The Balaban J connectivity index is 1.62. The first kappa shape index (κ1) is 22.3. The van der Waals surface area contributed by atoms with Gasteiger partial charge >= 0.3 is 0 Å². The van der Waals surface area contributed by atoms with Gasteiger partial charge in [0.15, 0.2) is 0 Å². The maximum atomic E-state index is 13.8. The van der Waals surface area contributed by atoms with Gasteiger partial charge in [-0.05, 0) is 68.9 Å². The second-order valence-electron chi connectivity index (χ2n) is 8.82. The van der Waals surface area contributed by atoms with Crippen molar-refractivity contribution in [1.82, 2.24) is 9.55 Å². The molecule has 1 N–H and O–H groups in total. The molecule has 5 rings (SSSR count). The predicted octanol–water partition coefficient (Wildman–Crippen LogP) is 5.27. The van der Waals surface area contributed by atoms with Crippen LogP contribution < -0.4 is 15.6 Å². The van der Waals surface area contributed by atoms with Crippen LogP contribution in [0.1, 0.15) is 34.4 Å². The Morgan fingerprint density at radius 2 is 1.97 bits per heavy atom. The second-order valence-corrected chi connectivity index (χ2v) is 9.90. The van der Waals surface area contributed by atoms with Crippen LogP contribution in [0.3, 0.4) is 0 Å². The molecule has 0 bridgehead atoms. The van der Waals surface area contributed by atoms with Crippen LogP contribution in [0.15, 0.2) is 47.3 Å². The summed E-state index contributed by atoms with van der Waals surface area (Å²) in [5.41, 5.74) is 4.55. The largest absolute Gasteiger partial charge is 0.497 e. The van der Waals surface area contributed by atoms with E-state index in [1.54, 1.807) is 18.4 Å². The number of carbonyl (C=O) groups is 1. The minimum atomic E-state index is -0.261. The summed E-state index contributed by atoms with van der Waals surface area (Å²) in [4.78, 5) is 33.9. The zero-order chi connectivity index (χ0) is 23.8. The van der Waals surface area contributed by atoms with Crippen LogP contribution in [0.25, 0.3) is 21.6 Å². The molecule has 6 nitrogen and oxygen atoms in total. The second kappa shape index (κ2) is 9.06. The van der Waals surface area contributed by atoms with E-state index in [4.69, 9.17) is 9.72 Å². The van der Waals surface area contributed by atoms with E-state index in [1.807, 2.05) is 56.3 Å². The number of rotatable bonds is 5. The van der Waals surface area contributed by atoms with Crippen molar-refractivity contribution < 1.29 is 9.53 Å². The number of fused-ring (bicyclic) bond motifs is 3. The van der Waals surface area contributed by atoms with Gasteiger partial charge in [-0.25, -0.2) is 4.98 Å². The highest BCUT2D eigenvalue weighted by molar-refractivity contribution is 7.18. The summed E-state index contributed by atoms with van der Waals surface area (Å²) in [6, 6.07) is 13.3. The monoisotopic (exact) mass is 473 g/mol. The standard InChI is InChI=1S/C27H27N3O3S/c1-16-11-12-21(17(2)13-16)28-23(31)15-30-25(18-7-6-8-19(14-18)33-3)29-26-24(27(30)32)20-9-4-5-10-22(20)34-26/h6-8,11-14H,4-5,9-10,15H2,1-3H3,(H,28,31). The Kier molecular flexibility index (Phi) is 5.96. The fraction of sp³-hybridized carbons (Fsp3) is 0.296. The van der Waals surface area contributed by atoms with Crippen molar-refractivity contribution in [3.8, 4) is 17.1 Å². The van der Waals surface area contributed by atoms with Gasteiger partial charge < -0.3 is 10.1 Å². The van der Waals surface area contributed by atoms with Gasteiger partial charge in [-0.2, -0.15) is 0 Å². The highest BCUT2D eigenvalue weighted by atomic mass is 32.1. The third-order valence-electron chi connectivity index (χ3n) is 6.36. The molecule has 1 amide bonds. The van der Waals surface area contributed by atoms with Gasteiger partial charge in [0.25, 0.3) is 5.56 Å². The molecule has 2 aromatic heterocycles. The van der Waals surface area contributed by atoms with Crippen LogP contribution in [0.5, 0.6) is 5.75 Å². The van der Waals surface area contributed by atoms with Gasteiger partial charge in [-0.1, -0.05) is 29.8 Å². The van der Waals surface area contributed by atoms with E-state index in [-0.39, 0.29) is 18.0 Å². The average molecular weight is 474 g/mol. The molecular formula is C27H27N3O3S. The number of methoxy groups -OCH3 is 1. The van der Waals surface area contributed by atoms with Crippen molar-refractivity contribution in [2.24, 2.45) is 0 Å². The molecule has 0 unspecified atom stereocenters. The fourth-order valence-corrected chi connectivity index (χ4v) is 5.91. The number of nitrogens with one attached hydrogen (secondary N) is 1. The Morgan fingerprint density at radius 3 is 2.76 bits per heavy atom. The molecule has 4 aromatic rings. The molecule has 174 valence electrons. The number of hydrogen-bond donors (Lipinski definition) is 1. The zero-order valence-corrected chi connectivity index (χ0v) is 20.4. The van der Waals surface area contributed by atoms with Crippen molar-refractivity contribution in [1.29, 1.82) is 0 Å². The van der Waals surface area contributed by atoms with E-state index in [0.717, 1.165) is 58.5 Å². The molecule has 7 heteroatoms. The fourth-order valence-electron chi connectivity index (χ4n) is 4.65. The lowest BCUT2D eigenvalue weighted by atomic mass is 9.97. The third-order valence-corrected chi connectivity index (χ3v) is 7.55. The maximum Gasteiger partial charge on any atom is 0.263 e. The van der Waals surface area contributed by atoms with Crippen LogP contribution >= 0.6 is 11.3 Å². The lowest BCUT2D eigenvalue weighted by Crippen LogP contribution is -2.30. The molecule has 0 fully saturated rings. The minimum Gasteiger partial charge on any atom is -0.497 e. The molecule has 0 aliphatic heterocycles. The molecule has 1 aliphatic carbocycles. The van der Waals surface area contributed by atoms with Crippen LogP contribution in [0.2, 0.25) is 0 Å². The summed E-state index contributed by atoms with van der Waals surface area (Å²) >= 11 is 1.61. The first-order valence-electron chi connectivity index (χ1n) is 11.5. The highest BCUT2D eigenvalue weighted by Gasteiger charge is 2.23. The van der Waals surface area contributed by atoms with E-state index in [9.17, 15) is 9.59 Å². The smallest absolute Gasteiger partial charge is 0.263 e. The molecule has 2 heterocycles. The van der Waals surface area contributed by atoms with Gasteiger partial charge in [-0.15, -0.1) is 11.3 Å². The van der Waals surface area contributed by atoms with Gasteiger partial charge in [0, 0.05) is 16.1 Å². The lowest BCUT2D eigenvalue weighted by Gasteiger charge is -2.15. The molecule has 0 saturated heterocycles. The van der Waals surface area contributed by atoms with Crippen molar-refractivity contribution in [2.45, 2.75) is 46.1 Å². The Morgan fingerprint density at radius 1 is 1.15 bits per heavy atom. The van der Waals surface area contributed by atoms with Crippen LogP contribution in [-0.2, 0) is 24.2 Å². The molecule has 2 aromatic carbocycles. The minimum absolute atomic E-state index is 0.119. The number of anilines is 1. The summed E-state index contributed by atoms with van der Waals surface area (Å²) in [5.74, 6) is 0.887. The maximum absolute atomic E-state index is 13.8. The number of ether oxygens (including phenoxy) is 1. The first-order chi connectivity index (χ1) is 16.4. The van der Waals surface area contributed by atoms with Gasteiger partial charge in [0.1, 0.15) is 22.9 Å². The molecule has 1 aliphatic rings. The number of nitrogens with zero attached hydrogens (tertiary/aromatic N) is 2. The summed E-state index contributed by atoms with van der Waals surface area (Å²) < 4.78 is 6.90. The molecule has 0 spiro atoms. The first-order valence-corrected chi connectivity index (χ1v) is 12.3. The van der Waals surface area contributed by atoms with Crippen molar-refractivity contribution >= 4 is 33.1 Å². The Hall–Kier alpha value is -3.45. The number of thiophene rings is 1. The number of benzene rings is 2. The molecule has 0 saturated carbocycles. The van der Waals surface area contributed by atoms with E-state index in [1.165, 1.54) is 9.44 Å². The normalized spacial score (nSPS) is 13.0.